The van der Waals surface area contributed by atoms with E-state index in [1.165, 1.54) is 55.5 Å². The fourth-order valence-corrected chi connectivity index (χ4v) is 9.38. The number of rotatable bonds is 42. The Bertz CT molecular complexity index is 2910. The maximum atomic E-state index is 13.9. The van der Waals surface area contributed by atoms with Crippen molar-refractivity contribution in [3.8, 4) is 5.75 Å². The number of carboxylic acid groups (broad SMARTS) is 1. The van der Waals surface area contributed by atoms with Gasteiger partial charge in [-0.1, -0.05) is 39.8 Å². The SMILES string of the molecule is CSCC[C@H](NC(=O)[C@H](CS)NC(=O)[C@H](CC(C)C)NC(=O)[C@H](C)NC(=O)[C@H](CC(N)=O)NC(=O)[C@H](CC(N)=O)NC(=O)[C@H](CS)NC(=O)CNC(=O)[C@@H](NC(=O)[C@@H](N)Cc1cnc[nH]1)C(C)C)C(=O)N[C@@H](CCC(N)=O)C(=O)N[C@@H](Cc1ccc(O)cc1)C(=O)O. The Morgan fingerprint density at radius 3 is 1.50 bits per heavy atom. The number of hydrogen-bond donors (Lipinski definition) is 20. The molecule has 2 rings (SSSR count). The molecule has 0 radical (unpaired) electrons. The number of imidazole rings is 1. The molecule has 0 saturated carbocycles. The topological polar surface area (TPSA) is 562 Å². The van der Waals surface area contributed by atoms with Gasteiger partial charge in [-0.25, -0.2) is 9.78 Å². The molecule has 0 spiro atoms. The van der Waals surface area contributed by atoms with Crippen LogP contribution in [0.4, 0.5) is 0 Å². The van der Waals surface area contributed by atoms with Crippen molar-refractivity contribution in [2.75, 3.05) is 30.1 Å². The van der Waals surface area contributed by atoms with Gasteiger partial charge in [0.1, 0.15) is 66.2 Å². The van der Waals surface area contributed by atoms with Gasteiger partial charge in [-0.3, -0.25) is 67.1 Å². The van der Waals surface area contributed by atoms with Gasteiger partial charge in [0.25, 0.3) is 0 Å². The molecule has 22 N–H and O–H groups in total. The number of amides is 14. The number of thiol groups is 2. The van der Waals surface area contributed by atoms with E-state index in [1.807, 2.05) is 0 Å². The highest BCUT2D eigenvalue weighted by atomic mass is 32.2. The Morgan fingerprint density at radius 2 is 1.02 bits per heavy atom. The summed E-state index contributed by atoms with van der Waals surface area (Å²) in [7, 11) is 0. The molecule has 0 saturated heterocycles. The number of carbonyl (C=O) groups is 15. The van der Waals surface area contributed by atoms with Crippen LogP contribution in [0.1, 0.15) is 84.4 Å². The number of hydrogen-bond acceptors (Lipinski definition) is 21. The molecule has 0 aliphatic rings. The molecular weight excluding hydrogens is 1270 g/mol. The minimum absolute atomic E-state index is 0.0424. The molecule has 92 heavy (non-hydrogen) atoms. The Morgan fingerprint density at radius 1 is 0.554 bits per heavy atom. The van der Waals surface area contributed by atoms with Gasteiger partial charge in [0.05, 0.1) is 31.8 Å². The zero-order valence-electron chi connectivity index (χ0n) is 51.5. The highest BCUT2D eigenvalue weighted by Gasteiger charge is 2.36. The van der Waals surface area contributed by atoms with E-state index in [2.05, 4.69) is 93.7 Å². The number of carboxylic acids is 1. The van der Waals surface area contributed by atoms with E-state index in [-0.39, 0.29) is 55.3 Å². The monoisotopic (exact) mass is 1350 g/mol. The zero-order valence-corrected chi connectivity index (χ0v) is 54.1. The van der Waals surface area contributed by atoms with Crippen LogP contribution in [0, 0.1) is 11.8 Å². The number of primary amides is 3. The maximum absolute atomic E-state index is 13.9. The van der Waals surface area contributed by atoms with Crippen molar-refractivity contribution >= 4 is 126 Å². The van der Waals surface area contributed by atoms with Crippen molar-refractivity contribution in [1.82, 2.24) is 68.5 Å². The lowest BCUT2D eigenvalue weighted by Gasteiger charge is -2.27. The number of phenols is 1. The van der Waals surface area contributed by atoms with Gasteiger partial charge in [0.15, 0.2) is 0 Å². The van der Waals surface area contributed by atoms with Crippen molar-refractivity contribution in [3.05, 3.63) is 48.0 Å². The second kappa shape index (κ2) is 40.2. The largest absolute Gasteiger partial charge is 0.508 e. The summed E-state index contributed by atoms with van der Waals surface area (Å²) in [5, 5.41) is 45.7. The predicted octanol–water partition coefficient (Wildman–Crippen LogP) is -6.37. The minimum Gasteiger partial charge on any atom is -0.508 e. The lowest BCUT2D eigenvalue weighted by Crippen LogP contribution is -2.61. The van der Waals surface area contributed by atoms with E-state index in [0.717, 1.165) is 0 Å². The summed E-state index contributed by atoms with van der Waals surface area (Å²) in [5.74, 6) is -16.7. The van der Waals surface area contributed by atoms with Crippen molar-refractivity contribution < 1.29 is 82.1 Å². The van der Waals surface area contributed by atoms with E-state index >= 15 is 0 Å². The number of nitrogens with one attached hydrogen (secondary N) is 12. The second-order valence-electron chi connectivity index (χ2n) is 21.9. The van der Waals surface area contributed by atoms with Gasteiger partial charge in [0.2, 0.25) is 82.7 Å². The van der Waals surface area contributed by atoms with Gasteiger partial charge >= 0.3 is 5.97 Å². The third-order valence-corrected chi connectivity index (χ3v) is 14.7. The average molecular weight is 1350 g/mol. The molecule has 0 bridgehead atoms. The van der Waals surface area contributed by atoms with Gasteiger partial charge in [0, 0.05) is 42.7 Å². The number of aromatic hydroxyl groups is 1. The van der Waals surface area contributed by atoms with Gasteiger partial charge < -0.3 is 96.6 Å². The summed E-state index contributed by atoms with van der Waals surface area (Å²) in [5.41, 5.74) is 23.1. The first kappa shape index (κ1) is 79.4. The number of H-pyrrole nitrogens is 1. The lowest BCUT2D eigenvalue weighted by atomic mass is 10.0. The van der Waals surface area contributed by atoms with Crippen LogP contribution in [0.15, 0.2) is 36.8 Å². The van der Waals surface area contributed by atoms with Crippen LogP contribution in [0.5, 0.6) is 5.75 Å². The highest BCUT2D eigenvalue weighted by molar-refractivity contribution is 7.98. The number of carbonyl (C=O) groups excluding carboxylic acids is 14. The third-order valence-electron chi connectivity index (χ3n) is 13.4. The van der Waals surface area contributed by atoms with Crippen LogP contribution in [0.3, 0.4) is 0 Å². The molecule has 14 amide bonds. The van der Waals surface area contributed by atoms with Crippen LogP contribution >= 0.6 is 37.0 Å². The number of aromatic amines is 1. The molecule has 34 nitrogen and oxygen atoms in total. The number of nitrogens with zero attached hydrogens (tertiary/aromatic N) is 1. The van der Waals surface area contributed by atoms with E-state index in [4.69, 9.17) is 22.9 Å². The highest BCUT2D eigenvalue weighted by Crippen LogP contribution is 2.14. The van der Waals surface area contributed by atoms with Crippen molar-refractivity contribution in [2.45, 2.75) is 152 Å². The zero-order chi connectivity index (χ0) is 69.5. The molecule has 1 heterocycles. The van der Waals surface area contributed by atoms with Gasteiger partial charge in [-0.15, -0.1) is 0 Å². The van der Waals surface area contributed by atoms with Crippen LogP contribution in [0.25, 0.3) is 0 Å². The molecular formula is C55H85N17O17S3. The number of nitrogens with two attached hydrogens (primary N) is 4. The van der Waals surface area contributed by atoms with E-state index in [1.54, 1.807) is 34.0 Å². The van der Waals surface area contributed by atoms with Crippen molar-refractivity contribution in [1.29, 1.82) is 0 Å². The Balaban J connectivity index is 2.19. The summed E-state index contributed by atoms with van der Waals surface area (Å²) < 4.78 is 0. The molecule has 0 unspecified atom stereocenters. The first-order chi connectivity index (χ1) is 43.2. The fraction of sp³-hybridized carbons (Fsp3) is 0.564. The normalized spacial score (nSPS) is 14.6. The first-order valence-electron chi connectivity index (χ1n) is 28.8. The van der Waals surface area contributed by atoms with Crippen molar-refractivity contribution in [2.24, 2.45) is 34.8 Å². The van der Waals surface area contributed by atoms with Crippen LogP contribution < -0.4 is 81.4 Å². The third kappa shape index (κ3) is 29.1. The van der Waals surface area contributed by atoms with Crippen molar-refractivity contribution in [3.63, 3.8) is 0 Å². The van der Waals surface area contributed by atoms with E-state index in [0.29, 0.717) is 11.3 Å². The molecule has 11 atom stereocenters. The summed E-state index contributed by atoms with van der Waals surface area (Å²) in [6, 6.07) is -10.9. The smallest absolute Gasteiger partial charge is 0.326 e. The minimum atomic E-state index is -1.88. The second-order valence-corrected chi connectivity index (χ2v) is 23.7. The summed E-state index contributed by atoms with van der Waals surface area (Å²) in [4.78, 5) is 204. The summed E-state index contributed by atoms with van der Waals surface area (Å²) >= 11 is 9.61. The quantitative estimate of drug-likeness (QED) is 0.0275. The Hall–Kier alpha value is -8.71. The van der Waals surface area contributed by atoms with E-state index in [9.17, 15) is 82.1 Å². The standard InChI is InChI=1S/C55H85N17O17S3/c1-25(2)15-34(50(83)71-39(23-91)53(86)66-33(13-14-92-6)48(81)65-32(11-12-40(57)74)47(80)70-37(55(88)89)16-28-7-9-30(73)10-8-28)67-45(78)27(5)63-49(82)35(18-41(58)75)68-51(84)36(19-42(59)76)69-52(85)38(22-90)64-43(77)21-61-54(87)44(26(3)4)72-46(79)31(56)17-29-20-60-24-62-29/h7-10,20,24-27,31-39,44,73,90-91H,11-19,21-23,56H2,1-6H3,(H2,57,74)(H2,58,75)(H2,59,76)(H,60,62)(H,61,87)(H,63,82)(H,64,77)(H,65,81)(H,66,86)(H,67,78)(H,68,84)(H,69,85)(H,70,80)(H,71,83)(H,72,79)(H,88,89)/t27-,31-,32-,33-,34-,35-,36-,37-,38-,39-,44-/m0/s1. The lowest BCUT2D eigenvalue weighted by molar-refractivity contribution is -0.142. The molecule has 2 aromatic rings. The molecule has 510 valence electrons. The fourth-order valence-electron chi connectivity index (χ4n) is 8.39. The number of benzene rings is 1. The summed E-state index contributed by atoms with van der Waals surface area (Å²) in [6.45, 7) is 7.12. The Labute approximate surface area is 545 Å². The van der Waals surface area contributed by atoms with E-state index < -0.39 is 193 Å². The molecule has 0 aliphatic heterocycles. The predicted molar refractivity (Wildman–Crippen MR) is 339 cm³/mol. The van der Waals surface area contributed by atoms with Crippen LogP contribution in [-0.4, -0.2) is 205 Å². The number of aromatic nitrogens is 2. The van der Waals surface area contributed by atoms with Gasteiger partial charge in [-0.2, -0.15) is 37.0 Å². The number of thioether (sulfide) groups is 1. The number of phenolic OH excluding ortho intramolecular Hbond substituents is 1. The first-order valence-corrected chi connectivity index (χ1v) is 31.5. The maximum Gasteiger partial charge on any atom is 0.326 e. The molecule has 37 heteroatoms. The van der Waals surface area contributed by atoms with Crippen LogP contribution in [-0.2, 0) is 84.8 Å². The average Bonchev–Trinajstić information content (AvgIpc) is 1.78. The van der Waals surface area contributed by atoms with Gasteiger partial charge in [-0.05, 0) is 67.7 Å². The molecule has 0 fully saturated rings. The van der Waals surface area contributed by atoms with Crippen LogP contribution in [0.2, 0.25) is 0 Å². The molecule has 1 aromatic carbocycles. The number of aliphatic carboxylic acids is 1. The molecule has 0 aliphatic carbocycles. The summed E-state index contributed by atoms with van der Waals surface area (Å²) in [6.07, 6.45) is 1.74. The molecule has 1 aromatic heterocycles. The Kier molecular flexibility index (Phi) is 34.7.